The first-order valence-corrected chi connectivity index (χ1v) is 7.66. The van der Waals surface area contributed by atoms with Gasteiger partial charge in [0.2, 0.25) is 0 Å². The first kappa shape index (κ1) is 15.9. The summed E-state index contributed by atoms with van der Waals surface area (Å²) in [6.07, 6.45) is 7.57. The predicted octanol–water partition coefficient (Wildman–Crippen LogP) is 2.64. The fourth-order valence-corrected chi connectivity index (χ4v) is 3.31. The van der Waals surface area contributed by atoms with Crippen molar-refractivity contribution in [2.45, 2.75) is 57.9 Å². The van der Waals surface area contributed by atoms with Crippen LogP contribution in [0.1, 0.15) is 52.4 Å². The molecule has 0 spiro atoms. The Hall–Kier alpha value is -0.120. The van der Waals surface area contributed by atoms with Gasteiger partial charge in [-0.1, -0.05) is 26.7 Å². The number of piperidine rings is 1. The minimum Gasteiger partial charge on any atom is -0.384 e. The summed E-state index contributed by atoms with van der Waals surface area (Å²) in [6.45, 7) is 8.64. The van der Waals surface area contributed by atoms with E-state index < -0.39 is 0 Å². The van der Waals surface area contributed by atoms with E-state index in [1.54, 1.807) is 0 Å². The van der Waals surface area contributed by atoms with Crippen LogP contribution in [0.15, 0.2) is 0 Å². The first-order chi connectivity index (χ1) is 8.72. The molecule has 0 aromatic heterocycles. The summed E-state index contributed by atoms with van der Waals surface area (Å²) in [7, 11) is 1.81. The third-order valence-corrected chi connectivity index (χ3v) is 4.63. The van der Waals surface area contributed by atoms with E-state index in [1.807, 2.05) is 7.11 Å². The Morgan fingerprint density at radius 3 is 2.72 bits per heavy atom. The smallest absolute Gasteiger partial charge is 0.0502 e. The third-order valence-electron chi connectivity index (χ3n) is 4.63. The van der Waals surface area contributed by atoms with Crippen molar-refractivity contribution < 1.29 is 4.74 Å². The lowest BCUT2D eigenvalue weighted by Crippen LogP contribution is -2.57. The summed E-state index contributed by atoms with van der Waals surface area (Å²) in [5.41, 5.74) is 6.37. The number of likely N-dealkylation sites (tertiary alicyclic amines) is 1. The van der Waals surface area contributed by atoms with E-state index >= 15 is 0 Å². The summed E-state index contributed by atoms with van der Waals surface area (Å²) in [4.78, 5) is 2.66. The molecule has 0 aliphatic carbocycles. The lowest BCUT2D eigenvalue weighted by molar-refractivity contribution is 0.0141. The van der Waals surface area contributed by atoms with Crippen molar-refractivity contribution >= 4 is 0 Å². The Morgan fingerprint density at radius 2 is 2.17 bits per heavy atom. The lowest BCUT2D eigenvalue weighted by Gasteiger charge is -2.47. The van der Waals surface area contributed by atoms with E-state index in [4.69, 9.17) is 10.5 Å². The Labute approximate surface area is 113 Å². The van der Waals surface area contributed by atoms with E-state index in [0.717, 1.165) is 13.2 Å². The van der Waals surface area contributed by atoms with Gasteiger partial charge in [0.05, 0.1) is 6.61 Å². The number of methoxy groups -OCH3 is 1. The van der Waals surface area contributed by atoms with Crippen LogP contribution in [0.2, 0.25) is 0 Å². The minimum atomic E-state index is 0.239. The molecule has 2 unspecified atom stereocenters. The van der Waals surface area contributed by atoms with Crippen LogP contribution < -0.4 is 5.73 Å². The van der Waals surface area contributed by atoms with Crippen molar-refractivity contribution in [1.82, 2.24) is 4.90 Å². The van der Waals surface area contributed by atoms with Crippen LogP contribution in [-0.4, -0.2) is 43.8 Å². The highest BCUT2D eigenvalue weighted by Gasteiger charge is 2.36. The topological polar surface area (TPSA) is 38.5 Å². The fourth-order valence-electron chi connectivity index (χ4n) is 3.31. The second-order valence-corrected chi connectivity index (χ2v) is 5.80. The fraction of sp³-hybridized carbons (Fsp3) is 1.00. The van der Waals surface area contributed by atoms with Gasteiger partial charge in [-0.2, -0.15) is 0 Å². The van der Waals surface area contributed by atoms with Gasteiger partial charge in [-0.15, -0.1) is 0 Å². The average Bonchev–Trinajstić information content (AvgIpc) is 2.41. The molecule has 1 saturated heterocycles. The molecule has 1 heterocycles. The zero-order valence-corrected chi connectivity index (χ0v) is 12.6. The van der Waals surface area contributed by atoms with Gasteiger partial charge in [0.25, 0.3) is 0 Å². The molecule has 2 N–H and O–H groups in total. The standard InChI is InChI=1S/C15H32N2O/c1-4-6-9-15(5-2,13-16)17-10-7-8-14(11-17)12-18-3/h14H,4-13,16H2,1-3H3. The SMILES string of the molecule is CCCCC(CC)(CN)N1CCCC(COC)C1. The number of nitrogens with two attached hydrogens (primary N) is 1. The summed E-state index contributed by atoms with van der Waals surface area (Å²) < 4.78 is 5.33. The highest BCUT2D eigenvalue weighted by molar-refractivity contribution is 4.93. The molecule has 0 aromatic rings. The molecule has 2 atom stereocenters. The predicted molar refractivity (Wildman–Crippen MR) is 77.8 cm³/mol. The first-order valence-electron chi connectivity index (χ1n) is 7.66. The highest BCUT2D eigenvalue weighted by atomic mass is 16.5. The number of hydrogen-bond acceptors (Lipinski definition) is 3. The Morgan fingerprint density at radius 1 is 1.39 bits per heavy atom. The van der Waals surface area contributed by atoms with Gasteiger partial charge in [-0.25, -0.2) is 0 Å². The molecule has 0 amide bonds. The second kappa shape index (κ2) is 8.13. The molecular formula is C15H32N2O. The summed E-state index contributed by atoms with van der Waals surface area (Å²) in [5, 5.41) is 0. The van der Waals surface area contributed by atoms with E-state index in [-0.39, 0.29) is 5.54 Å². The van der Waals surface area contributed by atoms with Gasteiger partial charge in [0.15, 0.2) is 0 Å². The zero-order chi connectivity index (χ0) is 13.4. The number of unbranched alkanes of at least 4 members (excludes halogenated alkanes) is 1. The van der Waals surface area contributed by atoms with Gasteiger partial charge in [-0.05, 0) is 38.1 Å². The number of nitrogens with zero attached hydrogens (tertiary/aromatic N) is 1. The molecular weight excluding hydrogens is 224 g/mol. The van der Waals surface area contributed by atoms with Crippen LogP contribution in [0.25, 0.3) is 0 Å². The Kier molecular flexibility index (Phi) is 7.20. The van der Waals surface area contributed by atoms with Crippen LogP contribution in [0.3, 0.4) is 0 Å². The molecule has 0 bridgehead atoms. The van der Waals surface area contributed by atoms with E-state index in [2.05, 4.69) is 18.7 Å². The van der Waals surface area contributed by atoms with Crippen molar-refractivity contribution in [1.29, 1.82) is 0 Å². The van der Waals surface area contributed by atoms with Crippen molar-refractivity contribution in [3.63, 3.8) is 0 Å². The third kappa shape index (κ3) is 3.94. The normalized spacial score (nSPS) is 25.0. The van der Waals surface area contributed by atoms with Crippen LogP contribution in [0, 0.1) is 5.92 Å². The molecule has 0 aromatic carbocycles. The lowest BCUT2D eigenvalue weighted by atomic mass is 9.84. The minimum absolute atomic E-state index is 0.239. The van der Waals surface area contributed by atoms with Crippen molar-refractivity contribution in [3.05, 3.63) is 0 Å². The van der Waals surface area contributed by atoms with Gasteiger partial charge >= 0.3 is 0 Å². The average molecular weight is 256 g/mol. The van der Waals surface area contributed by atoms with Crippen LogP contribution >= 0.6 is 0 Å². The maximum atomic E-state index is 6.14. The Balaban J connectivity index is 2.65. The number of ether oxygens (including phenoxy) is 1. The molecule has 1 aliphatic heterocycles. The maximum absolute atomic E-state index is 6.14. The number of hydrogen-bond donors (Lipinski definition) is 1. The van der Waals surface area contributed by atoms with Crippen LogP contribution in [-0.2, 0) is 4.74 Å². The monoisotopic (exact) mass is 256 g/mol. The molecule has 108 valence electrons. The zero-order valence-electron chi connectivity index (χ0n) is 12.6. The van der Waals surface area contributed by atoms with E-state index in [9.17, 15) is 0 Å². The van der Waals surface area contributed by atoms with E-state index in [1.165, 1.54) is 51.6 Å². The number of rotatable bonds is 8. The highest BCUT2D eigenvalue weighted by Crippen LogP contribution is 2.30. The Bertz CT molecular complexity index is 215. The summed E-state index contributed by atoms with van der Waals surface area (Å²) in [5.74, 6) is 0.697. The van der Waals surface area contributed by atoms with Crippen molar-refractivity contribution in [3.8, 4) is 0 Å². The molecule has 0 saturated carbocycles. The summed E-state index contributed by atoms with van der Waals surface area (Å²) >= 11 is 0. The van der Waals surface area contributed by atoms with Gasteiger partial charge in [-0.3, -0.25) is 4.90 Å². The van der Waals surface area contributed by atoms with Crippen LogP contribution in [0.4, 0.5) is 0 Å². The molecule has 0 radical (unpaired) electrons. The van der Waals surface area contributed by atoms with Crippen molar-refractivity contribution in [2.24, 2.45) is 11.7 Å². The molecule has 1 fully saturated rings. The largest absolute Gasteiger partial charge is 0.384 e. The molecule has 1 rings (SSSR count). The maximum Gasteiger partial charge on any atom is 0.0502 e. The van der Waals surface area contributed by atoms with Crippen molar-refractivity contribution in [2.75, 3.05) is 33.4 Å². The van der Waals surface area contributed by atoms with Gasteiger partial charge in [0.1, 0.15) is 0 Å². The molecule has 18 heavy (non-hydrogen) atoms. The van der Waals surface area contributed by atoms with Gasteiger partial charge in [0, 0.05) is 25.7 Å². The van der Waals surface area contributed by atoms with Gasteiger partial charge < -0.3 is 10.5 Å². The molecule has 3 nitrogen and oxygen atoms in total. The second-order valence-electron chi connectivity index (χ2n) is 5.80. The van der Waals surface area contributed by atoms with E-state index in [0.29, 0.717) is 5.92 Å². The molecule has 1 aliphatic rings. The van der Waals surface area contributed by atoms with Crippen LogP contribution in [0.5, 0.6) is 0 Å². The molecule has 3 heteroatoms. The summed E-state index contributed by atoms with van der Waals surface area (Å²) in [6, 6.07) is 0. The quantitative estimate of drug-likeness (QED) is 0.725.